The first-order chi connectivity index (χ1) is 12.5. The van der Waals surface area contributed by atoms with E-state index in [0.29, 0.717) is 24.5 Å². The third-order valence-corrected chi connectivity index (χ3v) is 4.22. The number of benzene rings is 1. The maximum absolute atomic E-state index is 12.2. The van der Waals surface area contributed by atoms with Gasteiger partial charge in [0, 0.05) is 37.7 Å². The van der Waals surface area contributed by atoms with E-state index in [4.69, 9.17) is 9.26 Å². The van der Waals surface area contributed by atoms with Crippen LogP contribution in [-0.2, 0) is 11.3 Å². The second-order valence-electron chi connectivity index (χ2n) is 6.20. The van der Waals surface area contributed by atoms with Crippen molar-refractivity contribution in [1.82, 2.24) is 20.7 Å². The van der Waals surface area contributed by atoms with Crippen LogP contribution in [0.15, 0.2) is 34.9 Å². The summed E-state index contributed by atoms with van der Waals surface area (Å²) in [5.74, 6) is 1.22. The minimum atomic E-state index is -0.183. The van der Waals surface area contributed by atoms with Gasteiger partial charge in [-0.3, -0.25) is 4.79 Å². The summed E-state index contributed by atoms with van der Waals surface area (Å²) in [6.45, 7) is 2.85. The Morgan fingerprint density at radius 2 is 2.23 bits per heavy atom. The zero-order chi connectivity index (χ0) is 18.5. The van der Waals surface area contributed by atoms with Gasteiger partial charge in [0.2, 0.25) is 5.91 Å². The maximum Gasteiger partial charge on any atom is 0.317 e. The van der Waals surface area contributed by atoms with E-state index in [9.17, 15) is 9.59 Å². The van der Waals surface area contributed by atoms with Gasteiger partial charge in [-0.25, -0.2) is 4.79 Å². The predicted molar refractivity (Wildman–Crippen MR) is 94.5 cm³/mol. The molecule has 0 aliphatic carbocycles. The van der Waals surface area contributed by atoms with E-state index in [0.717, 1.165) is 17.7 Å². The molecule has 1 aromatic carbocycles. The summed E-state index contributed by atoms with van der Waals surface area (Å²) >= 11 is 0. The lowest BCUT2D eigenvalue weighted by Gasteiger charge is -2.17. The van der Waals surface area contributed by atoms with E-state index in [2.05, 4.69) is 15.8 Å². The Morgan fingerprint density at radius 1 is 1.38 bits per heavy atom. The zero-order valence-corrected chi connectivity index (χ0v) is 14.8. The number of aromatic nitrogens is 1. The Hall–Kier alpha value is -3.03. The van der Waals surface area contributed by atoms with Gasteiger partial charge in [0.25, 0.3) is 0 Å². The van der Waals surface area contributed by atoms with Crippen LogP contribution in [0.2, 0.25) is 0 Å². The quantitative estimate of drug-likeness (QED) is 0.849. The molecule has 2 N–H and O–H groups in total. The highest BCUT2D eigenvalue weighted by Crippen LogP contribution is 2.23. The van der Waals surface area contributed by atoms with Crippen molar-refractivity contribution >= 4 is 11.9 Å². The Balaban J connectivity index is 1.53. The molecule has 2 aromatic rings. The molecule has 1 aliphatic heterocycles. The number of carbonyl (C=O) groups is 2. The molecule has 2 heterocycles. The number of amides is 3. The van der Waals surface area contributed by atoms with E-state index in [1.54, 1.807) is 18.1 Å². The second-order valence-corrected chi connectivity index (χ2v) is 6.20. The average molecular weight is 358 g/mol. The number of likely N-dealkylation sites (tertiary alicyclic amines) is 1. The molecule has 8 nitrogen and oxygen atoms in total. The van der Waals surface area contributed by atoms with Gasteiger partial charge in [0.1, 0.15) is 11.4 Å². The fourth-order valence-corrected chi connectivity index (χ4v) is 2.94. The lowest BCUT2D eigenvalue weighted by Crippen LogP contribution is -2.41. The van der Waals surface area contributed by atoms with Crippen LogP contribution in [0.1, 0.15) is 19.1 Å². The van der Waals surface area contributed by atoms with Crippen molar-refractivity contribution in [2.75, 3.05) is 20.2 Å². The predicted octanol–water partition coefficient (Wildman–Crippen LogP) is 1.77. The molecule has 0 saturated carbocycles. The number of methoxy groups -OCH3 is 1. The summed E-state index contributed by atoms with van der Waals surface area (Å²) in [4.78, 5) is 25.0. The smallest absolute Gasteiger partial charge is 0.317 e. The molecular formula is C18H22N4O4. The standard InChI is InChI=1S/C18H22N4O4/c1-12(23)20-14-6-7-22(11-14)18(24)19-10-16-9-17(21-26-16)13-4-3-5-15(8-13)25-2/h3-5,8-9,14H,6-7,10-11H2,1-2H3,(H,19,24)(H,20,23)/t14-/m0/s1. The van der Waals surface area contributed by atoms with Crippen molar-refractivity contribution in [2.45, 2.75) is 25.9 Å². The summed E-state index contributed by atoms with van der Waals surface area (Å²) in [5.41, 5.74) is 1.56. The second kappa shape index (κ2) is 7.90. The topological polar surface area (TPSA) is 96.7 Å². The van der Waals surface area contributed by atoms with Gasteiger partial charge in [-0.15, -0.1) is 0 Å². The fraction of sp³-hybridized carbons (Fsp3) is 0.389. The Bertz CT molecular complexity index is 789. The zero-order valence-electron chi connectivity index (χ0n) is 14.8. The number of nitrogens with zero attached hydrogens (tertiary/aromatic N) is 2. The van der Waals surface area contributed by atoms with Gasteiger partial charge in [-0.1, -0.05) is 17.3 Å². The van der Waals surface area contributed by atoms with Crippen LogP contribution in [-0.4, -0.2) is 48.2 Å². The van der Waals surface area contributed by atoms with Crippen LogP contribution in [0.4, 0.5) is 4.79 Å². The molecule has 1 saturated heterocycles. The number of rotatable bonds is 5. The first-order valence-corrected chi connectivity index (χ1v) is 8.45. The molecule has 1 aromatic heterocycles. The van der Waals surface area contributed by atoms with Gasteiger partial charge < -0.3 is 24.8 Å². The molecule has 1 aliphatic rings. The van der Waals surface area contributed by atoms with Crippen molar-refractivity contribution in [1.29, 1.82) is 0 Å². The molecular weight excluding hydrogens is 336 g/mol. The van der Waals surface area contributed by atoms with Crippen molar-refractivity contribution in [3.05, 3.63) is 36.1 Å². The molecule has 8 heteroatoms. The highest BCUT2D eigenvalue weighted by molar-refractivity contribution is 5.76. The molecule has 1 atom stereocenters. The summed E-state index contributed by atoms with van der Waals surface area (Å²) in [5, 5.41) is 9.69. The molecule has 1 fully saturated rings. The van der Waals surface area contributed by atoms with Gasteiger partial charge in [0.15, 0.2) is 5.76 Å². The number of urea groups is 1. The number of ether oxygens (including phenoxy) is 1. The maximum atomic E-state index is 12.2. The highest BCUT2D eigenvalue weighted by atomic mass is 16.5. The number of carbonyl (C=O) groups excluding carboxylic acids is 2. The lowest BCUT2D eigenvalue weighted by molar-refractivity contribution is -0.119. The van der Waals surface area contributed by atoms with Crippen LogP contribution in [0, 0.1) is 0 Å². The van der Waals surface area contributed by atoms with Gasteiger partial charge >= 0.3 is 6.03 Å². The monoisotopic (exact) mass is 358 g/mol. The molecule has 0 bridgehead atoms. The van der Waals surface area contributed by atoms with E-state index in [1.165, 1.54) is 6.92 Å². The molecule has 26 heavy (non-hydrogen) atoms. The third-order valence-electron chi connectivity index (χ3n) is 4.22. The van der Waals surface area contributed by atoms with Crippen molar-refractivity contribution < 1.29 is 18.8 Å². The van der Waals surface area contributed by atoms with Crippen molar-refractivity contribution in [3.8, 4) is 17.0 Å². The molecule has 0 spiro atoms. The van der Waals surface area contributed by atoms with Gasteiger partial charge in [0.05, 0.1) is 13.7 Å². The lowest BCUT2D eigenvalue weighted by atomic mass is 10.1. The van der Waals surface area contributed by atoms with Crippen LogP contribution in [0.3, 0.4) is 0 Å². The largest absolute Gasteiger partial charge is 0.497 e. The van der Waals surface area contributed by atoms with E-state index in [-0.39, 0.29) is 24.5 Å². The van der Waals surface area contributed by atoms with Crippen LogP contribution in [0.25, 0.3) is 11.3 Å². The summed E-state index contributed by atoms with van der Waals surface area (Å²) in [6, 6.07) is 9.14. The minimum Gasteiger partial charge on any atom is -0.497 e. The van der Waals surface area contributed by atoms with E-state index < -0.39 is 0 Å². The summed E-state index contributed by atoms with van der Waals surface area (Å²) in [7, 11) is 1.61. The van der Waals surface area contributed by atoms with Crippen LogP contribution < -0.4 is 15.4 Å². The SMILES string of the molecule is COc1cccc(-c2cc(CNC(=O)N3CC[C@H](NC(C)=O)C3)on2)c1. The first-order valence-electron chi connectivity index (χ1n) is 8.45. The summed E-state index contributed by atoms with van der Waals surface area (Å²) < 4.78 is 10.5. The van der Waals surface area contributed by atoms with Gasteiger partial charge in [-0.2, -0.15) is 0 Å². The van der Waals surface area contributed by atoms with Gasteiger partial charge in [-0.05, 0) is 18.6 Å². The highest BCUT2D eigenvalue weighted by Gasteiger charge is 2.26. The average Bonchev–Trinajstić information content (AvgIpc) is 3.29. The number of hydrogen-bond donors (Lipinski definition) is 2. The van der Waals surface area contributed by atoms with E-state index in [1.807, 2.05) is 24.3 Å². The molecule has 138 valence electrons. The molecule has 3 amide bonds. The van der Waals surface area contributed by atoms with Crippen molar-refractivity contribution in [3.63, 3.8) is 0 Å². The van der Waals surface area contributed by atoms with Crippen LogP contribution >= 0.6 is 0 Å². The number of nitrogens with one attached hydrogen (secondary N) is 2. The normalized spacial score (nSPS) is 16.4. The molecule has 3 rings (SSSR count). The van der Waals surface area contributed by atoms with Crippen molar-refractivity contribution in [2.24, 2.45) is 0 Å². The third kappa shape index (κ3) is 4.33. The minimum absolute atomic E-state index is 0.0168. The van der Waals surface area contributed by atoms with E-state index >= 15 is 0 Å². The molecule has 0 unspecified atom stereocenters. The number of hydrogen-bond acceptors (Lipinski definition) is 5. The Morgan fingerprint density at radius 3 is 3.00 bits per heavy atom. The summed E-state index contributed by atoms with van der Waals surface area (Å²) in [6.07, 6.45) is 0.759. The first kappa shape index (κ1) is 17.8. The fourth-order valence-electron chi connectivity index (χ4n) is 2.94. The Kier molecular flexibility index (Phi) is 5.40. The molecule has 0 radical (unpaired) electrons. The Labute approximate surface area is 151 Å². The van der Waals surface area contributed by atoms with Crippen LogP contribution in [0.5, 0.6) is 5.75 Å².